The van der Waals surface area contributed by atoms with E-state index in [0.29, 0.717) is 49.3 Å². The minimum absolute atomic E-state index is 0.0587. The number of halogens is 4. The van der Waals surface area contributed by atoms with Crippen LogP contribution in [0.1, 0.15) is 6.42 Å². The third-order valence-electron chi connectivity index (χ3n) is 3.88. The molecule has 1 aromatic rings. The molecular formula is C15H19BrF3N3O3. The molecule has 0 radical (unpaired) electrons. The van der Waals surface area contributed by atoms with E-state index in [1.165, 1.54) is 6.07 Å². The van der Waals surface area contributed by atoms with Gasteiger partial charge in [0.15, 0.2) is 0 Å². The average molecular weight is 426 g/mol. The Morgan fingerprint density at radius 2 is 1.92 bits per heavy atom. The number of nitrogens with zero attached hydrogens (tertiary/aromatic N) is 3. The summed E-state index contributed by atoms with van der Waals surface area (Å²) in [7, 11) is 0. The van der Waals surface area contributed by atoms with Crippen molar-refractivity contribution >= 4 is 27.3 Å². The van der Waals surface area contributed by atoms with Crippen molar-refractivity contribution in [1.29, 1.82) is 0 Å². The predicted octanol–water partition coefficient (Wildman–Crippen LogP) is 3.45. The predicted molar refractivity (Wildman–Crippen MR) is 90.9 cm³/mol. The van der Waals surface area contributed by atoms with Gasteiger partial charge in [-0.05, 0) is 18.6 Å². The molecule has 0 unspecified atom stereocenters. The molecule has 0 atom stereocenters. The van der Waals surface area contributed by atoms with Gasteiger partial charge in [-0.3, -0.25) is 15.0 Å². The summed E-state index contributed by atoms with van der Waals surface area (Å²) in [6.45, 7) is 2.16. The summed E-state index contributed by atoms with van der Waals surface area (Å²) in [6.07, 6.45) is -3.76. The lowest BCUT2D eigenvalue weighted by molar-refractivity contribution is -0.384. The highest BCUT2D eigenvalue weighted by molar-refractivity contribution is 9.10. The minimum Gasteiger partial charge on any atom is -0.372 e. The van der Waals surface area contributed by atoms with E-state index in [1.807, 2.05) is 4.90 Å². The van der Waals surface area contributed by atoms with Gasteiger partial charge in [0.1, 0.15) is 12.3 Å². The molecule has 1 aromatic carbocycles. The average Bonchev–Trinajstić information content (AvgIpc) is 2.54. The Morgan fingerprint density at radius 3 is 2.52 bits per heavy atom. The second-order valence-electron chi connectivity index (χ2n) is 5.74. The third-order valence-corrected chi connectivity index (χ3v) is 4.37. The fourth-order valence-corrected chi connectivity index (χ4v) is 3.05. The van der Waals surface area contributed by atoms with E-state index in [0.717, 1.165) is 0 Å². The maximum Gasteiger partial charge on any atom is 0.411 e. The molecule has 0 N–H and O–H groups in total. The summed E-state index contributed by atoms with van der Waals surface area (Å²) in [5, 5.41) is 11.2. The second-order valence-corrected chi connectivity index (χ2v) is 6.66. The first kappa shape index (κ1) is 19.9. The van der Waals surface area contributed by atoms with Crippen LogP contribution in [0, 0.1) is 10.1 Å². The monoisotopic (exact) mass is 425 g/mol. The summed E-state index contributed by atoms with van der Waals surface area (Å²) in [5.74, 6) is 0. The van der Waals surface area contributed by atoms with Crippen molar-refractivity contribution in [3.8, 4) is 0 Å². The Balaban J connectivity index is 1.78. The van der Waals surface area contributed by atoms with Gasteiger partial charge < -0.3 is 9.64 Å². The van der Waals surface area contributed by atoms with Crippen molar-refractivity contribution in [1.82, 2.24) is 4.90 Å². The number of rotatable bonds is 7. The Hall–Kier alpha value is -1.39. The van der Waals surface area contributed by atoms with Crippen molar-refractivity contribution in [3.05, 3.63) is 32.8 Å². The molecule has 6 nitrogen and oxygen atoms in total. The summed E-state index contributed by atoms with van der Waals surface area (Å²) in [4.78, 5) is 14.9. The van der Waals surface area contributed by atoms with E-state index in [1.54, 1.807) is 12.1 Å². The number of nitro groups is 1. The van der Waals surface area contributed by atoms with E-state index in [2.05, 4.69) is 25.6 Å². The third kappa shape index (κ3) is 6.44. The Kier molecular flexibility index (Phi) is 7.03. The van der Waals surface area contributed by atoms with Gasteiger partial charge in [-0.15, -0.1) is 0 Å². The number of ether oxygens (including phenoxy) is 1. The van der Waals surface area contributed by atoms with E-state index >= 15 is 0 Å². The lowest BCUT2D eigenvalue weighted by Gasteiger charge is -2.35. The quantitative estimate of drug-likeness (QED) is 0.380. The lowest BCUT2D eigenvalue weighted by Crippen LogP contribution is -2.47. The number of benzene rings is 1. The van der Waals surface area contributed by atoms with Crippen LogP contribution in [-0.4, -0.2) is 61.9 Å². The second kappa shape index (κ2) is 8.81. The van der Waals surface area contributed by atoms with Gasteiger partial charge in [-0.1, -0.05) is 15.9 Å². The molecule has 0 saturated carbocycles. The zero-order chi connectivity index (χ0) is 18.4. The summed E-state index contributed by atoms with van der Waals surface area (Å²) in [6, 6.07) is 4.98. The van der Waals surface area contributed by atoms with Gasteiger partial charge in [0.2, 0.25) is 0 Å². The largest absolute Gasteiger partial charge is 0.411 e. The molecule has 1 aliphatic rings. The summed E-state index contributed by atoms with van der Waals surface area (Å²) < 4.78 is 41.1. The standard InChI is InChI=1S/C15H19BrF3N3O3/c16-12-2-3-13(14(10-12)22(23)24)21-7-5-20(6-8-21)4-1-9-25-11-15(17,18)19/h2-3,10H,1,4-9,11H2. The minimum atomic E-state index is -4.29. The van der Waals surface area contributed by atoms with Crippen molar-refractivity contribution in [2.45, 2.75) is 12.6 Å². The highest BCUT2D eigenvalue weighted by Crippen LogP contribution is 2.31. The van der Waals surface area contributed by atoms with E-state index in [4.69, 9.17) is 0 Å². The fourth-order valence-electron chi connectivity index (χ4n) is 2.70. The lowest BCUT2D eigenvalue weighted by atomic mass is 10.2. The maximum absolute atomic E-state index is 12.0. The van der Waals surface area contributed by atoms with Gasteiger partial charge in [0.05, 0.1) is 4.92 Å². The van der Waals surface area contributed by atoms with Crippen LogP contribution in [0.2, 0.25) is 0 Å². The molecule has 1 fully saturated rings. The summed E-state index contributed by atoms with van der Waals surface area (Å²) in [5.41, 5.74) is 0.643. The molecule has 2 rings (SSSR count). The van der Waals surface area contributed by atoms with Crippen LogP contribution in [-0.2, 0) is 4.74 Å². The van der Waals surface area contributed by atoms with Gasteiger partial charge in [0, 0.05) is 49.9 Å². The molecule has 0 aromatic heterocycles. The van der Waals surface area contributed by atoms with Crippen molar-refractivity contribution in [3.63, 3.8) is 0 Å². The molecule has 1 saturated heterocycles. The van der Waals surface area contributed by atoms with Crippen molar-refractivity contribution in [2.75, 3.05) is 50.8 Å². The van der Waals surface area contributed by atoms with Gasteiger partial charge in [0.25, 0.3) is 5.69 Å². The highest BCUT2D eigenvalue weighted by atomic mass is 79.9. The Morgan fingerprint density at radius 1 is 1.24 bits per heavy atom. The molecular weight excluding hydrogens is 407 g/mol. The molecule has 10 heteroatoms. The molecule has 1 aliphatic heterocycles. The van der Waals surface area contributed by atoms with Crippen LogP contribution in [0.4, 0.5) is 24.5 Å². The number of alkyl halides is 3. The fraction of sp³-hybridized carbons (Fsp3) is 0.600. The van der Waals surface area contributed by atoms with Crippen LogP contribution in [0.5, 0.6) is 0 Å². The van der Waals surface area contributed by atoms with E-state index in [-0.39, 0.29) is 12.3 Å². The van der Waals surface area contributed by atoms with Gasteiger partial charge in [-0.25, -0.2) is 0 Å². The van der Waals surface area contributed by atoms with Gasteiger partial charge >= 0.3 is 6.18 Å². The number of anilines is 1. The van der Waals surface area contributed by atoms with E-state index in [9.17, 15) is 23.3 Å². The van der Waals surface area contributed by atoms with Gasteiger partial charge in [-0.2, -0.15) is 13.2 Å². The zero-order valence-corrected chi connectivity index (χ0v) is 15.1. The van der Waals surface area contributed by atoms with Crippen LogP contribution in [0.3, 0.4) is 0 Å². The molecule has 1 heterocycles. The molecule has 0 spiro atoms. The van der Waals surface area contributed by atoms with Crippen LogP contribution < -0.4 is 4.90 Å². The first-order valence-corrected chi connectivity index (χ1v) is 8.61. The first-order chi connectivity index (χ1) is 11.8. The Bertz CT molecular complexity index is 593. The summed E-state index contributed by atoms with van der Waals surface area (Å²) >= 11 is 3.24. The SMILES string of the molecule is O=[N+]([O-])c1cc(Br)ccc1N1CCN(CCCOCC(F)(F)F)CC1. The maximum atomic E-state index is 12.0. The van der Waals surface area contributed by atoms with E-state index < -0.39 is 17.7 Å². The molecule has 0 bridgehead atoms. The molecule has 140 valence electrons. The first-order valence-electron chi connectivity index (χ1n) is 7.82. The van der Waals surface area contributed by atoms with Crippen molar-refractivity contribution in [2.24, 2.45) is 0 Å². The molecule has 0 amide bonds. The smallest absolute Gasteiger partial charge is 0.372 e. The highest BCUT2D eigenvalue weighted by Gasteiger charge is 2.27. The number of piperazine rings is 1. The normalized spacial score (nSPS) is 16.2. The van der Waals surface area contributed by atoms with Crippen LogP contribution in [0.25, 0.3) is 0 Å². The van der Waals surface area contributed by atoms with Crippen molar-refractivity contribution < 1.29 is 22.8 Å². The van der Waals surface area contributed by atoms with Crippen LogP contribution >= 0.6 is 15.9 Å². The topological polar surface area (TPSA) is 58.9 Å². The number of nitro benzene ring substituents is 1. The number of hydrogen-bond acceptors (Lipinski definition) is 5. The Labute approximate surface area is 151 Å². The molecule has 0 aliphatic carbocycles. The number of hydrogen-bond donors (Lipinski definition) is 0. The van der Waals surface area contributed by atoms with Crippen LogP contribution in [0.15, 0.2) is 22.7 Å². The zero-order valence-electron chi connectivity index (χ0n) is 13.5. The molecule has 25 heavy (non-hydrogen) atoms.